The Hall–Kier alpha value is -0.240. The summed E-state index contributed by atoms with van der Waals surface area (Å²) in [6.07, 6.45) is 0.407. The van der Waals surface area contributed by atoms with Crippen molar-refractivity contribution in [1.82, 2.24) is 10.5 Å². The minimum atomic E-state index is -0.685. The van der Waals surface area contributed by atoms with Crippen molar-refractivity contribution >= 4 is 0 Å². The molecule has 0 rings (SSSR count). The van der Waals surface area contributed by atoms with Crippen LogP contribution in [0.2, 0.25) is 0 Å². The highest BCUT2D eigenvalue weighted by molar-refractivity contribution is 4.57. The van der Waals surface area contributed by atoms with Crippen molar-refractivity contribution in [3.8, 4) is 0 Å². The molecule has 0 spiro atoms. The van der Waals surface area contributed by atoms with E-state index in [4.69, 9.17) is 20.8 Å². The van der Waals surface area contributed by atoms with Gasteiger partial charge in [0.2, 0.25) is 0 Å². The van der Waals surface area contributed by atoms with E-state index in [0.717, 1.165) is 0 Å². The van der Waals surface area contributed by atoms with E-state index in [0.29, 0.717) is 6.42 Å². The molecule has 0 aromatic carbocycles. The second-order valence-corrected chi connectivity index (χ2v) is 1.94. The van der Waals surface area contributed by atoms with Crippen LogP contribution >= 0.6 is 0 Å². The lowest BCUT2D eigenvalue weighted by molar-refractivity contribution is -0.367. The molecule has 0 aromatic heterocycles. The third-order valence-electron chi connectivity index (χ3n) is 1.17. The molecular formula is C4H12N2O4. The molecule has 1 atom stereocenters. The van der Waals surface area contributed by atoms with Crippen LogP contribution < -0.4 is 0 Å². The second kappa shape index (κ2) is 4.56. The maximum absolute atomic E-state index is 8.40. The van der Waals surface area contributed by atoms with Gasteiger partial charge in [-0.3, -0.25) is 20.8 Å². The quantitative estimate of drug-likeness (QED) is 0.422. The van der Waals surface area contributed by atoms with Crippen LogP contribution in [0.25, 0.3) is 0 Å². The number of hydrogen-bond donors (Lipinski definition) is 4. The summed E-state index contributed by atoms with van der Waals surface area (Å²) in [5.41, 5.74) is 0. The molecule has 62 valence electrons. The van der Waals surface area contributed by atoms with E-state index in [9.17, 15) is 0 Å². The van der Waals surface area contributed by atoms with Gasteiger partial charge in [0.15, 0.2) is 0 Å². The summed E-state index contributed by atoms with van der Waals surface area (Å²) < 4.78 is 0. The first kappa shape index (κ1) is 9.76. The molecule has 0 fully saturated rings. The highest BCUT2D eigenvalue weighted by atomic mass is 16.8. The topological polar surface area (TPSA) is 87.4 Å². The van der Waals surface area contributed by atoms with Crippen LogP contribution in [0, 0.1) is 0 Å². The summed E-state index contributed by atoms with van der Waals surface area (Å²) in [6, 6.07) is -0.685. The Morgan fingerprint density at radius 1 is 1.20 bits per heavy atom. The Bertz CT molecular complexity index is 87.3. The maximum Gasteiger partial charge on any atom is 0.0795 e. The van der Waals surface area contributed by atoms with Gasteiger partial charge in [-0.25, -0.2) is 0 Å². The van der Waals surface area contributed by atoms with Crippen molar-refractivity contribution in [1.29, 1.82) is 0 Å². The van der Waals surface area contributed by atoms with Crippen molar-refractivity contribution in [2.75, 3.05) is 6.54 Å². The third-order valence-corrected chi connectivity index (χ3v) is 1.17. The van der Waals surface area contributed by atoms with Gasteiger partial charge in [0.25, 0.3) is 0 Å². The fourth-order valence-electron chi connectivity index (χ4n) is 0.554. The largest absolute Gasteiger partial charge is 0.290 e. The highest BCUT2D eigenvalue weighted by Crippen LogP contribution is 1.98. The average molecular weight is 152 g/mol. The molecule has 0 saturated carbocycles. The van der Waals surface area contributed by atoms with Crippen LogP contribution in [-0.2, 0) is 0 Å². The minimum Gasteiger partial charge on any atom is -0.290 e. The lowest BCUT2D eigenvalue weighted by Crippen LogP contribution is -2.38. The van der Waals surface area contributed by atoms with Crippen molar-refractivity contribution in [3.05, 3.63) is 0 Å². The Morgan fingerprint density at radius 2 is 1.70 bits per heavy atom. The van der Waals surface area contributed by atoms with E-state index in [2.05, 4.69) is 0 Å². The third kappa shape index (κ3) is 3.72. The van der Waals surface area contributed by atoms with E-state index in [-0.39, 0.29) is 17.0 Å². The molecule has 0 aliphatic carbocycles. The molecule has 0 aromatic rings. The average Bonchev–Trinajstić information content (AvgIpc) is 1.81. The van der Waals surface area contributed by atoms with Gasteiger partial charge in [0.1, 0.15) is 0 Å². The SMILES string of the molecule is CCC(CN(O)O)N(O)O. The smallest absolute Gasteiger partial charge is 0.0795 e. The molecule has 6 nitrogen and oxygen atoms in total. The molecule has 4 N–H and O–H groups in total. The number of hydrogen-bond acceptors (Lipinski definition) is 6. The van der Waals surface area contributed by atoms with Gasteiger partial charge in [-0.05, 0) is 6.42 Å². The van der Waals surface area contributed by atoms with E-state index < -0.39 is 6.04 Å². The molecule has 0 amide bonds. The molecule has 0 saturated heterocycles. The molecule has 0 radical (unpaired) electrons. The molecule has 10 heavy (non-hydrogen) atoms. The number of rotatable bonds is 4. The van der Waals surface area contributed by atoms with Crippen molar-refractivity contribution in [2.45, 2.75) is 19.4 Å². The summed E-state index contributed by atoms with van der Waals surface area (Å²) in [4.78, 5) is 0. The lowest BCUT2D eigenvalue weighted by atomic mass is 10.2. The number of nitrogens with zero attached hydrogens (tertiary/aromatic N) is 2. The molecule has 0 heterocycles. The highest BCUT2D eigenvalue weighted by Gasteiger charge is 2.14. The van der Waals surface area contributed by atoms with Crippen molar-refractivity contribution < 1.29 is 20.8 Å². The second-order valence-electron chi connectivity index (χ2n) is 1.94. The molecule has 0 bridgehead atoms. The van der Waals surface area contributed by atoms with Crippen LogP contribution in [0.1, 0.15) is 13.3 Å². The first-order valence-electron chi connectivity index (χ1n) is 2.90. The van der Waals surface area contributed by atoms with E-state index in [1.165, 1.54) is 0 Å². The van der Waals surface area contributed by atoms with Crippen molar-refractivity contribution in [3.63, 3.8) is 0 Å². The van der Waals surface area contributed by atoms with Gasteiger partial charge >= 0.3 is 0 Å². The summed E-state index contributed by atoms with van der Waals surface area (Å²) in [5.74, 6) is 0. The summed E-state index contributed by atoms with van der Waals surface area (Å²) >= 11 is 0. The van der Waals surface area contributed by atoms with Crippen LogP contribution in [0.3, 0.4) is 0 Å². The monoisotopic (exact) mass is 152 g/mol. The van der Waals surface area contributed by atoms with Crippen LogP contribution in [0.4, 0.5) is 0 Å². The van der Waals surface area contributed by atoms with E-state index in [1.807, 2.05) is 0 Å². The zero-order valence-corrected chi connectivity index (χ0v) is 5.67. The van der Waals surface area contributed by atoms with Gasteiger partial charge < -0.3 is 0 Å². The van der Waals surface area contributed by atoms with E-state index >= 15 is 0 Å². The molecule has 6 heteroatoms. The molecular weight excluding hydrogens is 140 g/mol. The van der Waals surface area contributed by atoms with Crippen LogP contribution in [-0.4, -0.2) is 43.9 Å². The van der Waals surface area contributed by atoms with E-state index in [1.54, 1.807) is 6.92 Å². The Labute approximate surface area is 58.3 Å². The Kier molecular flexibility index (Phi) is 4.45. The standard InChI is InChI=1S/C4H12N2O4/c1-2-4(6(9)10)3-5(7)8/h4,7-10H,2-3H2,1H3. The molecule has 1 unspecified atom stereocenters. The van der Waals surface area contributed by atoms with Crippen molar-refractivity contribution in [2.24, 2.45) is 0 Å². The molecule has 0 aliphatic heterocycles. The predicted molar refractivity (Wildman–Crippen MR) is 29.8 cm³/mol. The van der Waals surface area contributed by atoms with Crippen LogP contribution in [0.5, 0.6) is 0 Å². The van der Waals surface area contributed by atoms with Gasteiger partial charge in [-0.15, -0.1) is 0 Å². The lowest BCUT2D eigenvalue weighted by Gasteiger charge is -2.19. The predicted octanol–water partition coefficient (Wildman–Crippen LogP) is -0.0742. The first-order chi connectivity index (χ1) is 4.57. The molecule has 0 aliphatic rings. The summed E-state index contributed by atoms with van der Waals surface area (Å²) in [6.45, 7) is 1.46. The van der Waals surface area contributed by atoms with Gasteiger partial charge in [0, 0.05) is 0 Å². The Balaban J connectivity index is 3.60. The fourth-order valence-corrected chi connectivity index (χ4v) is 0.554. The number of hydroxylamine groups is 4. The normalized spacial score (nSPS) is 14.7. The maximum atomic E-state index is 8.40. The first-order valence-corrected chi connectivity index (χ1v) is 2.90. The zero-order chi connectivity index (χ0) is 8.15. The zero-order valence-electron chi connectivity index (χ0n) is 5.67. The minimum absolute atomic E-state index is 0.0422. The van der Waals surface area contributed by atoms with Gasteiger partial charge in [0.05, 0.1) is 12.6 Å². The summed E-state index contributed by atoms with van der Waals surface area (Å²) in [5, 5.41) is 33.2. The summed E-state index contributed by atoms with van der Waals surface area (Å²) in [7, 11) is 0. The van der Waals surface area contributed by atoms with Crippen LogP contribution in [0.15, 0.2) is 0 Å². The van der Waals surface area contributed by atoms with Gasteiger partial charge in [-0.1, -0.05) is 17.4 Å². The fraction of sp³-hybridized carbons (Fsp3) is 1.00. The Morgan fingerprint density at radius 3 is 1.80 bits per heavy atom. The van der Waals surface area contributed by atoms with Gasteiger partial charge in [-0.2, -0.15) is 0 Å².